The van der Waals surface area contributed by atoms with Gasteiger partial charge in [0.1, 0.15) is 9.88 Å². The number of amides is 1. The fourth-order valence-corrected chi connectivity index (χ4v) is 3.58. The van der Waals surface area contributed by atoms with E-state index in [1.807, 2.05) is 0 Å². The maximum atomic E-state index is 12.2. The quantitative estimate of drug-likeness (QED) is 0.559. The third-order valence-corrected chi connectivity index (χ3v) is 5.11. The average Bonchev–Trinajstić information content (AvgIpc) is 3.01. The molecule has 1 aromatic heterocycles. The standard InChI is InChI=1S/C18H16ClNO7S/c1-9-13(17(23)25-2)15(28-14(9)18(24)26-3)20-12(21)8-27-16(22)10-6-4-5-7-11(10)19/h4-7H,8H2,1-3H3,(H,20,21). The van der Waals surface area contributed by atoms with Gasteiger partial charge < -0.3 is 19.5 Å². The van der Waals surface area contributed by atoms with Crippen LogP contribution in [0.15, 0.2) is 24.3 Å². The molecule has 0 spiro atoms. The van der Waals surface area contributed by atoms with Crippen LogP contribution in [0.5, 0.6) is 0 Å². The fourth-order valence-electron chi connectivity index (χ4n) is 2.24. The minimum absolute atomic E-state index is 0.0266. The molecule has 0 bridgehead atoms. The second kappa shape index (κ2) is 9.34. The Morgan fingerprint density at radius 3 is 2.29 bits per heavy atom. The predicted octanol–water partition coefficient (Wildman–Crippen LogP) is 3.08. The minimum atomic E-state index is -0.772. The number of benzene rings is 1. The number of carbonyl (C=O) groups excluding carboxylic acids is 4. The molecule has 10 heteroatoms. The zero-order valence-corrected chi connectivity index (χ0v) is 16.7. The number of hydrogen-bond donors (Lipinski definition) is 1. The molecule has 0 saturated carbocycles. The summed E-state index contributed by atoms with van der Waals surface area (Å²) in [5.41, 5.74) is 0.456. The summed E-state index contributed by atoms with van der Waals surface area (Å²) in [6, 6.07) is 6.24. The normalized spacial score (nSPS) is 10.1. The summed E-state index contributed by atoms with van der Waals surface area (Å²) in [6.07, 6.45) is 0. The van der Waals surface area contributed by atoms with Crippen LogP contribution in [0.4, 0.5) is 5.00 Å². The number of halogens is 1. The van der Waals surface area contributed by atoms with Crippen molar-refractivity contribution < 1.29 is 33.4 Å². The highest BCUT2D eigenvalue weighted by molar-refractivity contribution is 7.18. The average molecular weight is 426 g/mol. The van der Waals surface area contributed by atoms with Crippen LogP contribution in [0.3, 0.4) is 0 Å². The molecule has 1 amide bonds. The number of methoxy groups -OCH3 is 2. The zero-order valence-electron chi connectivity index (χ0n) is 15.2. The molecule has 2 aromatic rings. The van der Waals surface area contributed by atoms with E-state index in [9.17, 15) is 19.2 Å². The molecule has 0 radical (unpaired) electrons. The summed E-state index contributed by atoms with van der Waals surface area (Å²) in [4.78, 5) is 48.2. The molecule has 1 N–H and O–H groups in total. The van der Waals surface area contributed by atoms with Crippen LogP contribution >= 0.6 is 22.9 Å². The second-order valence-corrected chi connectivity index (χ2v) is 6.78. The van der Waals surface area contributed by atoms with Gasteiger partial charge in [-0.3, -0.25) is 4.79 Å². The van der Waals surface area contributed by atoms with Crippen molar-refractivity contribution in [3.8, 4) is 0 Å². The molecule has 0 aliphatic rings. The van der Waals surface area contributed by atoms with Crippen molar-refractivity contribution in [3.63, 3.8) is 0 Å². The number of nitrogens with one attached hydrogen (secondary N) is 1. The van der Waals surface area contributed by atoms with Crippen molar-refractivity contribution in [2.75, 3.05) is 26.1 Å². The number of anilines is 1. The van der Waals surface area contributed by atoms with Gasteiger partial charge in [0.2, 0.25) is 0 Å². The molecule has 2 rings (SSSR count). The second-order valence-electron chi connectivity index (χ2n) is 5.35. The minimum Gasteiger partial charge on any atom is -0.465 e. The number of rotatable bonds is 6. The van der Waals surface area contributed by atoms with Crippen molar-refractivity contribution in [1.82, 2.24) is 0 Å². The molecule has 28 heavy (non-hydrogen) atoms. The van der Waals surface area contributed by atoms with Gasteiger partial charge in [0.15, 0.2) is 6.61 Å². The maximum absolute atomic E-state index is 12.2. The van der Waals surface area contributed by atoms with Gasteiger partial charge in [-0.2, -0.15) is 0 Å². The summed E-state index contributed by atoms with van der Waals surface area (Å²) in [6.45, 7) is 0.914. The van der Waals surface area contributed by atoms with Crippen LogP contribution in [0.2, 0.25) is 5.02 Å². The summed E-state index contributed by atoms with van der Waals surface area (Å²) in [5.74, 6) is -2.86. The molecule has 0 saturated heterocycles. The lowest BCUT2D eigenvalue weighted by Gasteiger charge is -2.08. The van der Waals surface area contributed by atoms with E-state index in [-0.39, 0.29) is 26.0 Å². The van der Waals surface area contributed by atoms with E-state index in [0.29, 0.717) is 5.56 Å². The molecular formula is C18H16ClNO7S. The third-order valence-electron chi connectivity index (χ3n) is 3.59. The highest BCUT2D eigenvalue weighted by atomic mass is 35.5. The molecular weight excluding hydrogens is 410 g/mol. The first-order valence-electron chi connectivity index (χ1n) is 7.81. The molecule has 0 unspecified atom stereocenters. The Morgan fingerprint density at radius 2 is 1.68 bits per heavy atom. The Kier molecular flexibility index (Phi) is 7.13. The van der Waals surface area contributed by atoms with E-state index in [2.05, 4.69) is 10.1 Å². The SMILES string of the molecule is COC(=O)c1sc(NC(=O)COC(=O)c2ccccc2Cl)c(C(=O)OC)c1C. The van der Waals surface area contributed by atoms with Crippen LogP contribution in [-0.4, -0.2) is 44.6 Å². The smallest absolute Gasteiger partial charge is 0.348 e. The largest absolute Gasteiger partial charge is 0.465 e. The molecule has 0 aliphatic carbocycles. The highest BCUT2D eigenvalue weighted by Gasteiger charge is 2.27. The fraction of sp³-hybridized carbons (Fsp3) is 0.222. The first kappa shape index (κ1) is 21.4. The van der Waals surface area contributed by atoms with Crippen molar-refractivity contribution in [3.05, 3.63) is 50.9 Å². The number of carbonyl (C=O) groups is 4. The molecule has 148 valence electrons. The van der Waals surface area contributed by atoms with E-state index in [0.717, 1.165) is 11.3 Å². The monoisotopic (exact) mass is 425 g/mol. The lowest BCUT2D eigenvalue weighted by molar-refractivity contribution is -0.119. The van der Waals surface area contributed by atoms with Gasteiger partial charge in [0, 0.05) is 0 Å². The summed E-state index contributed by atoms with van der Waals surface area (Å²) >= 11 is 6.76. The Balaban J connectivity index is 2.15. The van der Waals surface area contributed by atoms with Crippen molar-refractivity contribution >= 4 is 51.8 Å². The predicted molar refractivity (Wildman–Crippen MR) is 102 cm³/mol. The van der Waals surface area contributed by atoms with E-state index in [1.54, 1.807) is 12.1 Å². The van der Waals surface area contributed by atoms with Crippen LogP contribution in [0, 0.1) is 6.92 Å². The van der Waals surface area contributed by atoms with E-state index >= 15 is 0 Å². The van der Waals surface area contributed by atoms with E-state index < -0.39 is 30.4 Å². The first-order chi connectivity index (χ1) is 13.3. The first-order valence-corrected chi connectivity index (χ1v) is 9.01. The summed E-state index contributed by atoms with van der Waals surface area (Å²) in [7, 11) is 2.37. The van der Waals surface area contributed by atoms with Gasteiger partial charge in [-0.15, -0.1) is 11.3 Å². The molecule has 1 heterocycles. The lowest BCUT2D eigenvalue weighted by Crippen LogP contribution is -2.21. The van der Waals surface area contributed by atoms with Gasteiger partial charge in [-0.05, 0) is 24.6 Å². The van der Waals surface area contributed by atoms with Crippen LogP contribution in [0.25, 0.3) is 0 Å². The van der Waals surface area contributed by atoms with Gasteiger partial charge in [-0.25, -0.2) is 14.4 Å². The van der Waals surface area contributed by atoms with Crippen LogP contribution in [-0.2, 0) is 19.0 Å². The van der Waals surface area contributed by atoms with Crippen molar-refractivity contribution in [2.45, 2.75) is 6.92 Å². The molecule has 1 aromatic carbocycles. The Labute approximate surface area is 169 Å². The maximum Gasteiger partial charge on any atom is 0.348 e. The topological polar surface area (TPSA) is 108 Å². The number of ether oxygens (including phenoxy) is 3. The van der Waals surface area contributed by atoms with Crippen molar-refractivity contribution in [1.29, 1.82) is 0 Å². The van der Waals surface area contributed by atoms with Crippen molar-refractivity contribution in [2.24, 2.45) is 0 Å². The van der Waals surface area contributed by atoms with Crippen LogP contribution in [0.1, 0.15) is 36.0 Å². The Morgan fingerprint density at radius 1 is 1.04 bits per heavy atom. The number of thiophene rings is 1. The Hall–Kier alpha value is -2.91. The van der Waals surface area contributed by atoms with Gasteiger partial charge in [0.05, 0.1) is 30.4 Å². The van der Waals surface area contributed by atoms with Gasteiger partial charge >= 0.3 is 17.9 Å². The number of esters is 3. The molecule has 0 aliphatic heterocycles. The third kappa shape index (κ3) is 4.68. The summed E-state index contributed by atoms with van der Waals surface area (Å²) < 4.78 is 14.3. The van der Waals surface area contributed by atoms with Gasteiger partial charge in [0.25, 0.3) is 5.91 Å². The Bertz CT molecular complexity index is 938. The molecule has 0 fully saturated rings. The van der Waals surface area contributed by atoms with E-state index in [4.69, 9.17) is 21.1 Å². The number of hydrogen-bond acceptors (Lipinski definition) is 8. The van der Waals surface area contributed by atoms with E-state index in [1.165, 1.54) is 33.3 Å². The lowest BCUT2D eigenvalue weighted by atomic mass is 10.1. The zero-order chi connectivity index (χ0) is 20.8. The molecule has 8 nitrogen and oxygen atoms in total. The summed E-state index contributed by atoms with van der Waals surface area (Å²) in [5, 5.41) is 2.73. The molecule has 0 atom stereocenters. The highest BCUT2D eigenvalue weighted by Crippen LogP contribution is 2.34. The van der Waals surface area contributed by atoms with Crippen LogP contribution < -0.4 is 5.32 Å². The van der Waals surface area contributed by atoms with Gasteiger partial charge in [-0.1, -0.05) is 23.7 Å².